The first-order chi connectivity index (χ1) is 7.02. The molecule has 2 amide bonds. The molecule has 1 fully saturated rings. The maximum atomic E-state index is 11.5. The van der Waals surface area contributed by atoms with E-state index >= 15 is 0 Å². The normalized spacial score (nSPS) is 24.8. The topological polar surface area (TPSA) is 109 Å². The average Bonchev–Trinajstić information content (AvgIpc) is 2.62. The van der Waals surface area contributed by atoms with Gasteiger partial charge in [0.25, 0.3) is 0 Å². The van der Waals surface area contributed by atoms with Crippen LogP contribution in [0.5, 0.6) is 0 Å². The van der Waals surface area contributed by atoms with Crippen LogP contribution in [0.4, 0.5) is 0 Å². The van der Waals surface area contributed by atoms with Crippen molar-refractivity contribution in [2.45, 2.75) is 19.3 Å². The van der Waals surface area contributed by atoms with Gasteiger partial charge in [0, 0.05) is 0 Å². The monoisotopic (exact) mass is 214 g/mol. The van der Waals surface area contributed by atoms with E-state index in [0.717, 1.165) is 6.42 Å². The van der Waals surface area contributed by atoms with Gasteiger partial charge in [-0.2, -0.15) is 0 Å². The lowest BCUT2D eigenvalue weighted by Gasteiger charge is -2.14. The Morgan fingerprint density at radius 3 is 2.40 bits per heavy atom. The average molecular weight is 214 g/mol. The number of amides is 2. The fourth-order valence-electron chi connectivity index (χ4n) is 1.87. The summed E-state index contributed by atoms with van der Waals surface area (Å²) in [7, 11) is 0. The van der Waals surface area contributed by atoms with Gasteiger partial charge >= 0.3 is 5.97 Å². The van der Waals surface area contributed by atoms with Crippen LogP contribution in [0.2, 0.25) is 0 Å². The molecule has 0 radical (unpaired) electrons. The van der Waals surface area contributed by atoms with Crippen molar-refractivity contribution >= 4 is 17.8 Å². The Kier molecular flexibility index (Phi) is 3.65. The number of carboxylic acids is 1. The molecule has 0 bridgehead atoms. The predicted molar refractivity (Wildman–Crippen MR) is 50.7 cm³/mol. The summed E-state index contributed by atoms with van der Waals surface area (Å²) in [4.78, 5) is 32.7. The molecule has 0 aliphatic heterocycles. The molecule has 0 unspecified atom stereocenters. The molecule has 0 spiro atoms. The highest BCUT2D eigenvalue weighted by atomic mass is 16.4. The minimum absolute atomic E-state index is 0.234. The van der Waals surface area contributed by atoms with Gasteiger partial charge in [0.2, 0.25) is 11.8 Å². The molecular formula is C9H14N2O4. The fourth-order valence-corrected chi connectivity index (χ4v) is 1.87. The highest BCUT2D eigenvalue weighted by molar-refractivity contribution is 5.88. The Morgan fingerprint density at radius 1 is 1.27 bits per heavy atom. The van der Waals surface area contributed by atoms with Crippen LogP contribution in [-0.4, -0.2) is 29.4 Å². The quantitative estimate of drug-likeness (QED) is 0.562. The number of aliphatic carboxylic acids is 1. The fraction of sp³-hybridized carbons (Fsp3) is 0.667. The zero-order valence-corrected chi connectivity index (χ0v) is 8.23. The van der Waals surface area contributed by atoms with Gasteiger partial charge in [-0.3, -0.25) is 14.4 Å². The zero-order chi connectivity index (χ0) is 11.4. The molecular weight excluding hydrogens is 200 g/mol. The molecule has 0 saturated heterocycles. The third-order valence-corrected chi connectivity index (χ3v) is 2.61. The Labute approximate surface area is 86.8 Å². The minimum Gasteiger partial charge on any atom is -0.481 e. The van der Waals surface area contributed by atoms with Crippen LogP contribution >= 0.6 is 0 Å². The SMILES string of the molecule is NC(=O)CNC(=O)[C@@H]1CCC[C@@H]1C(=O)O. The van der Waals surface area contributed by atoms with Crippen molar-refractivity contribution in [3.63, 3.8) is 0 Å². The third-order valence-electron chi connectivity index (χ3n) is 2.61. The first-order valence-electron chi connectivity index (χ1n) is 4.81. The van der Waals surface area contributed by atoms with Gasteiger partial charge in [-0.25, -0.2) is 0 Å². The van der Waals surface area contributed by atoms with E-state index in [4.69, 9.17) is 10.8 Å². The van der Waals surface area contributed by atoms with Crippen molar-refractivity contribution in [3.8, 4) is 0 Å². The summed E-state index contributed by atoms with van der Waals surface area (Å²) in [5, 5.41) is 11.2. The van der Waals surface area contributed by atoms with Gasteiger partial charge in [-0.15, -0.1) is 0 Å². The maximum Gasteiger partial charge on any atom is 0.307 e. The summed E-state index contributed by atoms with van der Waals surface area (Å²) < 4.78 is 0. The summed E-state index contributed by atoms with van der Waals surface area (Å²) >= 11 is 0. The predicted octanol–water partition coefficient (Wildman–Crippen LogP) is -0.911. The molecule has 84 valence electrons. The summed E-state index contributed by atoms with van der Waals surface area (Å²) in [6.07, 6.45) is 1.80. The number of primary amides is 1. The number of carbonyl (C=O) groups is 3. The summed E-state index contributed by atoms with van der Waals surface area (Å²) in [5.74, 6) is -3.13. The standard InChI is InChI=1S/C9H14N2O4/c10-7(12)4-11-8(13)5-2-1-3-6(5)9(14)15/h5-6H,1-4H2,(H2,10,12)(H,11,13)(H,14,15)/t5-,6+/m1/s1. The Morgan fingerprint density at radius 2 is 1.87 bits per heavy atom. The van der Waals surface area contributed by atoms with Crippen molar-refractivity contribution in [2.75, 3.05) is 6.54 Å². The van der Waals surface area contributed by atoms with E-state index in [-0.39, 0.29) is 6.54 Å². The lowest BCUT2D eigenvalue weighted by Crippen LogP contribution is -2.39. The number of hydrogen-bond acceptors (Lipinski definition) is 3. The molecule has 1 aliphatic rings. The molecule has 6 heteroatoms. The second-order valence-electron chi connectivity index (χ2n) is 3.67. The third kappa shape index (κ3) is 2.93. The van der Waals surface area contributed by atoms with E-state index in [1.807, 2.05) is 0 Å². The van der Waals surface area contributed by atoms with Crippen LogP contribution in [0.3, 0.4) is 0 Å². The van der Waals surface area contributed by atoms with Crippen LogP contribution in [0.1, 0.15) is 19.3 Å². The van der Waals surface area contributed by atoms with Gasteiger partial charge < -0.3 is 16.2 Å². The summed E-state index contributed by atoms with van der Waals surface area (Å²) in [6, 6.07) is 0. The van der Waals surface area contributed by atoms with Gasteiger partial charge in [0.15, 0.2) is 0 Å². The molecule has 0 heterocycles. The minimum atomic E-state index is -0.952. The first kappa shape index (κ1) is 11.5. The molecule has 1 aliphatic carbocycles. The molecule has 4 N–H and O–H groups in total. The van der Waals surface area contributed by atoms with Crippen LogP contribution in [0.25, 0.3) is 0 Å². The molecule has 1 saturated carbocycles. The number of hydrogen-bond donors (Lipinski definition) is 3. The van der Waals surface area contributed by atoms with Gasteiger partial charge in [0.1, 0.15) is 0 Å². The number of nitrogens with two attached hydrogens (primary N) is 1. The molecule has 6 nitrogen and oxygen atoms in total. The van der Waals surface area contributed by atoms with Gasteiger partial charge in [-0.1, -0.05) is 6.42 Å². The first-order valence-corrected chi connectivity index (χ1v) is 4.81. The van der Waals surface area contributed by atoms with E-state index in [2.05, 4.69) is 5.32 Å². The summed E-state index contributed by atoms with van der Waals surface area (Å²) in [6.45, 7) is -0.234. The maximum absolute atomic E-state index is 11.5. The van der Waals surface area contributed by atoms with Crippen molar-refractivity contribution < 1.29 is 19.5 Å². The number of carbonyl (C=O) groups excluding carboxylic acids is 2. The van der Waals surface area contributed by atoms with Crippen LogP contribution in [0.15, 0.2) is 0 Å². The van der Waals surface area contributed by atoms with E-state index in [1.165, 1.54) is 0 Å². The Hall–Kier alpha value is -1.59. The highest BCUT2D eigenvalue weighted by Gasteiger charge is 2.37. The Balaban J connectivity index is 2.51. The van der Waals surface area contributed by atoms with E-state index in [9.17, 15) is 14.4 Å². The molecule has 0 aromatic heterocycles. The summed E-state index contributed by atoms with van der Waals surface area (Å²) in [5.41, 5.74) is 4.86. The van der Waals surface area contributed by atoms with Crippen LogP contribution < -0.4 is 11.1 Å². The molecule has 2 atom stereocenters. The molecule has 15 heavy (non-hydrogen) atoms. The van der Waals surface area contributed by atoms with Crippen LogP contribution in [-0.2, 0) is 14.4 Å². The number of rotatable bonds is 4. The second-order valence-corrected chi connectivity index (χ2v) is 3.67. The van der Waals surface area contributed by atoms with Crippen molar-refractivity contribution in [1.29, 1.82) is 0 Å². The van der Waals surface area contributed by atoms with E-state index in [0.29, 0.717) is 12.8 Å². The molecule has 0 aromatic rings. The van der Waals surface area contributed by atoms with Crippen LogP contribution in [0, 0.1) is 11.8 Å². The highest BCUT2D eigenvalue weighted by Crippen LogP contribution is 2.31. The number of carboxylic acid groups (broad SMARTS) is 1. The molecule has 1 rings (SSSR count). The van der Waals surface area contributed by atoms with E-state index in [1.54, 1.807) is 0 Å². The lowest BCUT2D eigenvalue weighted by atomic mass is 9.95. The molecule has 0 aromatic carbocycles. The smallest absolute Gasteiger partial charge is 0.307 e. The van der Waals surface area contributed by atoms with Gasteiger partial charge in [-0.05, 0) is 12.8 Å². The largest absolute Gasteiger partial charge is 0.481 e. The van der Waals surface area contributed by atoms with Crippen molar-refractivity contribution in [3.05, 3.63) is 0 Å². The number of nitrogens with one attached hydrogen (secondary N) is 1. The van der Waals surface area contributed by atoms with Gasteiger partial charge in [0.05, 0.1) is 18.4 Å². The lowest BCUT2D eigenvalue weighted by molar-refractivity contribution is -0.146. The Bertz CT molecular complexity index is 290. The van der Waals surface area contributed by atoms with Crippen molar-refractivity contribution in [1.82, 2.24) is 5.32 Å². The van der Waals surface area contributed by atoms with E-state index < -0.39 is 29.6 Å². The van der Waals surface area contributed by atoms with Crippen molar-refractivity contribution in [2.24, 2.45) is 17.6 Å². The zero-order valence-electron chi connectivity index (χ0n) is 8.23. The second kappa shape index (κ2) is 4.77.